The number of nitrogens with one attached hydrogen (secondary N) is 1. The maximum absolute atomic E-state index is 13.3. The molecule has 0 radical (unpaired) electrons. The number of halogens is 1. The molecule has 0 aromatic heterocycles. The summed E-state index contributed by atoms with van der Waals surface area (Å²) in [4.78, 5) is 12.6. The normalized spacial score (nSPS) is 11.3. The van der Waals surface area contributed by atoms with Crippen molar-refractivity contribution in [1.82, 2.24) is 4.31 Å². The molecule has 156 valence electrons. The van der Waals surface area contributed by atoms with Gasteiger partial charge in [-0.05, 0) is 35.9 Å². The molecule has 8 heteroatoms. The summed E-state index contributed by atoms with van der Waals surface area (Å²) < 4.78 is 32.9. The van der Waals surface area contributed by atoms with E-state index < -0.39 is 15.9 Å². The van der Waals surface area contributed by atoms with Gasteiger partial charge in [-0.15, -0.1) is 0 Å². The first-order valence-corrected chi connectivity index (χ1v) is 10.9. The van der Waals surface area contributed by atoms with Gasteiger partial charge < -0.3 is 10.1 Å². The molecule has 3 aromatic rings. The van der Waals surface area contributed by atoms with Crippen molar-refractivity contribution in [3.8, 4) is 5.75 Å². The van der Waals surface area contributed by atoms with E-state index in [4.69, 9.17) is 16.3 Å². The average Bonchev–Trinajstić information content (AvgIpc) is 2.74. The number of ether oxygens (including phenoxy) is 1. The van der Waals surface area contributed by atoms with Crippen LogP contribution in [0, 0.1) is 0 Å². The van der Waals surface area contributed by atoms with E-state index in [1.807, 2.05) is 24.3 Å². The van der Waals surface area contributed by atoms with Crippen LogP contribution in [0.3, 0.4) is 0 Å². The van der Waals surface area contributed by atoms with Crippen molar-refractivity contribution in [2.75, 3.05) is 19.0 Å². The van der Waals surface area contributed by atoms with Gasteiger partial charge in [-0.2, -0.15) is 4.31 Å². The highest BCUT2D eigenvalue weighted by Gasteiger charge is 2.27. The zero-order valence-corrected chi connectivity index (χ0v) is 17.9. The van der Waals surface area contributed by atoms with Gasteiger partial charge in [-0.1, -0.05) is 60.1 Å². The number of benzene rings is 3. The highest BCUT2D eigenvalue weighted by atomic mass is 35.5. The summed E-state index contributed by atoms with van der Waals surface area (Å²) >= 11 is 6.13. The summed E-state index contributed by atoms with van der Waals surface area (Å²) in [6.45, 7) is -0.315. The Kier molecular flexibility index (Phi) is 7.10. The van der Waals surface area contributed by atoms with Crippen LogP contribution in [0.5, 0.6) is 5.75 Å². The number of amides is 1. The smallest absolute Gasteiger partial charge is 0.243 e. The van der Waals surface area contributed by atoms with Gasteiger partial charge in [0.05, 0.1) is 23.6 Å². The Hall–Kier alpha value is -2.87. The first kappa shape index (κ1) is 21.8. The van der Waals surface area contributed by atoms with Crippen molar-refractivity contribution in [1.29, 1.82) is 0 Å². The number of carbonyl (C=O) groups excluding carboxylic acids is 1. The number of nitrogens with zero attached hydrogens (tertiary/aromatic N) is 1. The van der Waals surface area contributed by atoms with Crippen LogP contribution in [0.2, 0.25) is 5.02 Å². The van der Waals surface area contributed by atoms with Gasteiger partial charge in [-0.25, -0.2) is 8.42 Å². The highest BCUT2D eigenvalue weighted by Crippen LogP contribution is 2.29. The molecule has 30 heavy (non-hydrogen) atoms. The molecule has 0 fully saturated rings. The molecule has 0 spiro atoms. The number of methoxy groups -OCH3 is 1. The molecule has 0 aliphatic carbocycles. The van der Waals surface area contributed by atoms with E-state index in [-0.39, 0.29) is 23.0 Å². The molecule has 0 saturated heterocycles. The van der Waals surface area contributed by atoms with Crippen LogP contribution >= 0.6 is 11.6 Å². The molecule has 0 aliphatic heterocycles. The molecule has 1 amide bonds. The number of sulfonamides is 1. The largest absolute Gasteiger partial charge is 0.495 e. The van der Waals surface area contributed by atoms with Crippen molar-refractivity contribution < 1.29 is 17.9 Å². The number of para-hydroxylation sites is 1. The minimum Gasteiger partial charge on any atom is -0.495 e. The first-order chi connectivity index (χ1) is 14.4. The Balaban J connectivity index is 1.89. The molecule has 0 bridgehead atoms. The van der Waals surface area contributed by atoms with Crippen molar-refractivity contribution in [3.63, 3.8) is 0 Å². The van der Waals surface area contributed by atoms with Crippen LogP contribution < -0.4 is 10.1 Å². The van der Waals surface area contributed by atoms with Gasteiger partial charge in [0.1, 0.15) is 5.75 Å². The number of rotatable bonds is 8. The highest BCUT2D eigenvalue weighted by molar-refractivity contribution is 7.89. The number of carbonyl (C=O) groups is 1. The Morgan fingerprint density at radius 3 is 2.23 bits per heavy atom. The molecule has 3 aromatic carbocycles. The maximum Gasteiger partial charge on any atom is 0.243 e. The molecule has 0 unspecified atom stereocenters. The van der Waals surface area contributed by atoms with Crippen LogP contribution in [0.15, 0.2) is 83.8 Å². The van der Waals surface area contributed by atoms with Crippen molar-refractivity contribution in [3.05, 3.63) is 89.4 Å². The topological polar surface area (TPSA) is 75.7 Å². The summed E-state index contributed by atoms with van der Waals surface area (Å²) in [5.41, 5.74) is 1.35. The predicted molar refractivity (Wildman–Crippen MR) is 117 cm³/mol. The van der Waals surface area contributed by atoms with Crippen LogP contribution in [0.25, 0.3) is 0 Å². The van der Waals surface area contributed by atoms with Crippen molar-refractivity contribution >= 4 is 33.2 Å². The van der Waals surface area contributed by atoms with E-state index in [0.29, 0.717) is 11.4 Å². The lowest BCUT2D eigenvalue weighted by Gasteiger charge is -2.22. The molecule has 0 aliphatic rings. The third kappa shape index (κ3) is 5.38. The molecule has 6 nitrogen and oxygen atoms in total. The second kappa shape index (κ2) is 9.75. The maximum atomic E-state index is 13.3. The van der Waals surface area contributed by atoms with Crippen molar-refractivity contribution in [2.45, 2.75) is 11.4 Å². The van der Waals surface area contributed by atoms with E-state index in [9.17, 15) is 13.2 Å². The second-order valence-electron chi connectivity index (χ2n) is 6.47. The summed E-state index contributed by atoms with van der Waals surface area (Å²) in [7, 11) is -2.55. The van der Waals surface area contributed by atoms with Gasteiger partial charge in [0.2, 0.25) is 15.9 Å². The Labute approximate surface area is 181 Å². The average molecular weight is 445 g/mol. The van der Waals surface area contributed by atoms with Gasteiger partial charge in [-0.3, -0.25) is 4.79 Å². The van der Waals surface area contributed by atoms with Crippen LogP contribution in [-0.2, 0) is 21.4 Å². The van der Waals surface area contributed by atoms with Crippen LogP contribution in [0.1, 0.15) is 5.56 Å². The van der Waals surface area contributed by atoms with Gasteiger partial charge in [0.15, 0.2) is 0 Å². The Morgan fingerprint density at radius 2 is 1.63 bits per heavy atom. The number of anilines is 1. The Bertz CT molecular complexity index is 1110. The minimum atomic E-state index is -4.00. The Morgan fingerprint density at radius 1 is 1.00 bits per heavy atom. The first-order valence-electron chi connectivity index (χ1n) is 9.12. The molecule has 0 heterocycles. The summed E-state index contributed by atoms with van der Waals surface area (Å²) in [5, 5.41) is 2.89. The molecular weight excluding hydrogens is 424 g/mol. The van der Waals surface area contributed by atoms with Crippen LogP contribution in [0.4, 0.5) is 5.69 Å². The molecule has 0 saturated carbocycles. The fraction of sp³-hybridized carbons (Fsp3) is 0.136. The third-order valence-corrected chi connectivity index (χ3v) is 6.42. The molecule has 1 N–H and O–H groups in total. The van der Waals surface area contributed by atoms with Gasteiger partial charge >= 0.3 is 0 Å². The number of hydrogen-bond donors (Lipinski definition) is 1. The third-order valence-electron chi connectivity index (χ3n) is 4.34. The lowest BCUT2D eigenvalue weighted by Crippen LogP contribution is -2.37. The fourth-order valence-electron chi connectivity index (χ4n) is 2.85. The monoisotopic (exact) mass is 444 g/mol. The second-order valence-corrected chi connectivity index (χ2v) is 8.81. The SMILES string of the molecule is COc1ccc(S(=O)(=O)N(CC(=O)Nc2ccccc2)Cc2ccccc2)cc1Cl. The van der Waals surface area contributed by atoms with E-state index >= 15 is 0 Å². The van der Waals surface area contributed by atoms with E-state index in [2.05, 4.69) is 5.32 Å². The minimum absolute atomic E-state index is 0.0169. The summed E-state index contributed by atoms with van der Waals surface area (Å²) in [6, 6.07) is 22.2. The summed E-state index contributed by atoms with van der Waals surface area (Å²) in [5.74, 6) is -0.0765. The fourth-order valence-corrected chi connectivity index (χ4v) is 4.59. The number of hydrogen-bond acceptors (Lipinski definition) is 4. The predicted octanol–water partition coefficient (Wildman–Crippen LogP) is 4.18. The summed E-state index contributed by atoms with van der Waals surface area (Å²) in [6.07, 6.45) is 0. The van der Waals surface area contributed by atoms with E-state index in [1.54, 1.807) is 36.4 Å². The lowest BCUT2D eigenvalue weighted by molar-refractivity contribution is -0.116. The zero-order valence-electron chi connectivity index (χ0n) is 16.3. The van der Waals surface area contributed by atoms with Gasteiger partial charge in [0, 0.05) is 12.2 Å². The molecular formula is C22H21ClN2O4S. The molecule has 0 atom stereocenters. The molecule has 3 rings (SSSR count). The standard InChI is InChI=1S/C22H21ClN2O4S/c1-29-21-13-12-19(14-20(21)23)30(27,28)25(15-17-8-4-2-5-9-17)16-22(26)24-18-10-6-3-7-11-18/h2-14H,15-16H2,1H3,(H,24,26). The van der Waals surface area contributed by atoms with E-state index in [0.717, 1.165) is 9.87 Å². The zero-order chi connectivity index (χ0) is 21.6. The van der Waals surface area contributed by atoms with Gasteiger partial charge in [0.25, 0.3) is 0 Å². The quantitative estimate of drug-likeness (QED) is 0.565. The van der Waals surface area contributed by atoms with E-state index in [1.165, 1.54) is 25.3 Å². The van der Waals surface area contributed by atoms with Crippen LogP contribution in [-0.4, -0.2) is 32.3 Å². The lowest BCUT2D eigenvalue weighted by atomic mass is 10.2. The van der Waals surface area contributed by atoms with Crippen molar-refractivity contribution in [2.24, 2.45) is 0 Å².